The zero-order valence-electron chi connectivity index (χ0n) is 8.89. The van der Waals surface area contributed by atoms with Crippen molar-refractivity contribution in [3.63, 3.8) is 0 Å². The Bertz CT molecular complexity index is 427. The molecule has 0 unspecified atom stereocenters. The fourth-order valence-electron chi connectivity index (χ4n) is 1.34. The van der Waals surface area contributed by atoms with E-state index in [-0.39, 0.29) is 0 Å². The third-order valence-corrected chi connectivity index (χ3v) is 2.10. The van der Waals surface area contributed by atoms with Crippen molar-refractivity contribution in [2.75, 3.05) is 11.9 Å². The molecular weight excluding hydrogens is 204 g/mol. The van der Waals surface area contributed by atoms with Gasteiger partial charge in [-0.2, -0.15) is 0 Å². The second-order valence-electron chi connectivity index (χ2n) is 3.33. The van der Waals surface area contributed by atoms with Crippen LogP contribution >= 0.6 is 0 Å². The lowest BCUT2D eigenvalue weighted by molar-refractivity contribution is 0.517. The second kappa shape index (κ2) is 5.27. The predicted octanol–water partition coefficient (Wildman–Crippen LogP) is 1.18. The van der Waals surface area contributed by atoms with Crippen LogP contribution in [0.3, 0.4) is 0 Å². The minimum absolute atomic E-state index is 0.557. The molecule has 84 valence electrons. The van der Waals surface area contributed by atoms with Crippen LogP contribution in [-0.2, 0) is 13.0 Å². The molecule has 0 amide bonds. The van der Waals surface area contributed by atoms with Crippen LogP contribution in [0, 0.1) is 0 Å². The number of nitrogens with one attached hydrogen (secondary N) is 1. The number of anilines is 1. The Morgan fingerprint density at radius 2 is 2.31 bits per heavy atom. The molecule has 0 saturated heterocycles. The van der Waals surface area contributed by atoms with Crippen molar-refractivity contribution in [2.24, 2.45) is 5.73 Å². The van der Waals surface area contributed by atoms with Crippen molar-refractivity contribution in [3.8, 4) is 0 Å². The summed E-state index contributed by atoms with van der Waals surface area (Å²) in [4.78, 5) is 8.44. The Kier molecular flexibility index (Phi) is 3.50. The van der Waals surface area contributed by atoms with Crippen LogP contribution in [0.1, 0.15) is 11.6 Å². The molecule has 0 radical (unpaired) electrons. The largest absolute Gasteiger partial charge is 0.467 e. The number of nitrogens with two attached hydrogens (primary N) is 1. The number of rotatable bonds is 5. The predicted molar refractivity (Wildman–Crippen MR) is 60.8 cm³/mol. The van der Waals surface area contributed by atoms with Crippen LogP contribution in [0.5, 0.6) is 0 Å². The normalized spacial score (nSPS) is 10.3. The van der Waals surface area contributed by atoms with Crippen molar-refractivity contribution < 1.29 is 4.42 Å². The van der Waals surface area contributed by atoms with Crippen molar-refractivity contribution >= 4 is 5.82 Å². The summed E-state index contributed by atoms with van der Waals surface area (Å²) in [5, 5.41) is 3.16. The van der Waals surface area contributed by atoms with E-state index in [0.29, 0.717) is 19.5 Å². The van der Waals surface area contributed by atoms with Gasteiger partial charge in [-0.15, -0.1) is 0 Å². The van der Waals surface area contributed by atoms with Gasteiger partial charge in [-0.25, -0.2) is 9.97 Å². The van der Waals surface area contributed by atoms with Gasteiger partial charge in [0.25, 0.3) is 0 Å². The first-order valence-electron chi connectivity index (χ1n) is 5.17. The van der Waals surface area contributed by atoms with Crippen molar-refractivity contribution in [2.45, 2.75) is 13.0 Å². The summed E-state index contributed by atoms with van der Waals surface area (Å²) in [5.41, 5.74) is 5.45. The zero-order chi connectivity index (χ0) is 11.2. The lowest BCUT2D eigenvalue weighted by atomic mass is 10.4. The van der Waals surface area contributed by atoms with E-state index in [2.05, 4.69) is 15.3 Å². The van der Waals surface area contributed by atoms with Gasteiger partial charge in [-0.1, -0.05) is 0 Å². The van der Waals surface area contributed by atoms with Gasteiger partial charge in [0.15, 0.2) is 0 Å². The highest BCUT2D eigenvalue weighted by Gasteiger charge is 1.99. The van der Waals surface area contributed by atoms with E-state index in [0.717, 1.165) is 17.4 Å². The van der Waals surface area contributed by atoms with E-state index in [1.807, 2.05) is 18.2 Å². The summed E-state index contributed by atoms with van der Waals surface area (Å²) in [6.45, 7) is 1.17. The third kappa shape index (κ3) is 2.80. The fourth-order valence-corrected chi connectivity index (χ4v) is 1.34. The second-order valence-corrected chi connectivity index (χ2v) is 3.33. The maximum Gasteiger partial charge on any atom is 0.131 e. The maximum absolute atomic E-state index is 5.45. The van der Waals surface area contributed by atoms with Crippen LogP contribution in [0.4, 0.5) is 5.82 Å². The lowest BCUT2D eigenvalue weighted by Crippen LogP contribution is -2.08. The molecule has 0 aromatic carbocycles. The monoisotopic (exact) mass is 218 g/mol. The highest BCUT2D eigenvalue weighted by molar-refractivity contribution is 5.33. The van der Waals surface area contributed by atoms with E-state index in [1.54, 1.807) is 12.5 Å². The molecule has 0 bridgehead atoms. The quantitative estimate of drug-likeness (QED) is 0.788. The molecule has 5 nitrogen and oxygen atoms in total. The Hall–Kier alpha value is -1.88. The molecule has 2 aromatic heterocycles. The smallest absolute Gasteiger partial charge is 0.131 e. The van der Waals surface area contributed by atoms with Crippen LogP contribution < -0.4 is 11.1 Å². The van der Waals surface area contributed by atoms with Gasteiger partial charge < -0.3 is 15.5 Å². The Morgan fingerprint density at radius 3 is 3.06 bits per heavy atom. The molecule has 3 N–H and O–H groups in total. The standard InChI is InChI=1S/C11H14N4O/c12-5-3-10-13-6-4-11(15-10)14-8-9-2-1-7-16-9/h1-2,4,6-7H,3,5,8,12H2,(H,13,14,15). The van der Waals surface area contributed by atoms with Crippen LogP contribution in [0.25, 0.3) is 0 Å². The minimum atomic E-state index is 0.557. The van der Waals surface area contributed by atoms with E-state index in [4.69, 9.17) is 10.2 Å². The molecule has 16 heavy (non-hydrogen) atoms. The summed E-state index contributed by atoms with van der Waals surface area (Å²) in [5.74, 6) is 2.42. The molecule has 0 atom stereocenters. The SMILES string of the molecule is NCCc1nccc(NCc2ccco2)n1. The number of nitrogens with zero attached hydrogens (tertiary/aromatic N) is 2. The molecule has 0 aliphatic carbocycles. The van der Waals surface area contributed by atoms with Gasteiger partial charge in [0, 0.05) is 12.6 Å². The molecule has 5 heteroatoms. The third-order valence-electron chi connectivity index (χ3n) is 2.10. The average molecular weight is 218 g/mol. The summed E-state index contributed by atoms with van der Waals surface area (Å²) in [6.07, 6.45) is 4.07. The molecule has 0 saturated carbocycles. The summed E-state index contributed by atoms with van der Waals surface area (Å²) < 4.78 is 5.21. The van der Waals surface area contributed by atoms with Crippen molar-refractivity contribution in [1.82, 2.24) is 9.97 Å². The topological polar surface area (TPSA) is 77.0 Å². The van der Waals surface area contributed by atoms with E-state index in [9.17, 15) is 0 Å². The fraction of sp³-hybridized carbons (Fsp3) is 0.273. The molecule has 2 aromatic rings. The first kappa shape index (κ1) is 10.6. The van der Waals surface area contributed by atoms with E-state index >= 15 is 0 Å². The molecule has 2 heterocycles. The first-order valence-corrected chi connectivity index (χ1v) is 5.17. The molecule has 0 spiro atoms. The number of hydrogen-bond acceptors (Lipinski definition) is 5. The average Bonchev–Trinajstić information content (AvgIpc) is 2.80. The highest BCUT2D eigenvalue weighted by atomic mass is 16.3. The van der Waals surface area contributed by atoms with Crippen molar-refractivity contribution in [1.29, 1.82) is 0 Å². The molecule has 2 rings (SSSR count). The lowest BCUT2D eigenvalue weighted by Gasteiger charge is -2.04. The zero-order valence-corrected chi connectivity index (χ0v) is 8.89. The van der Waals surface area contributed by atoms with Crippen LogP contribution in [-0.4, -0.2) is 16.5 Å². The van der Waals surface area contributed by atoms with Gasteiger partial charge in [-0.05, 0) is 24.7 Å². The molecular formula is C11H14N4O. The van der Waals surface area contributed by atoms with Crippen LogP contribution in [0.2, 0.25) is 0 Å². The van der Waals surface area contributed by atoms with Crippen molar-refractivity contribution in [3.05, 3.63) is 42.2 Å². The molecule has 0 aliphatic heterocycles. The van der Waals surface area contributed by atoms with Gasteiger partial charge in [-0.3, -0.25) is 0 Å². The maximum atomic E-state index is 5.45. The summed E-state index contributed by atoms with van der Waals surface area (Å²) in [6, 6.07) is 5.59. The van der Waals surface area contributed by atoms with Crippen LogP contribution in [0.15, 0.2) is 35.1 Å². The number of aromatic nitrogens is 2. The van der Waals surface area contributed by atoms with E-state index < -0.39 is 0 Å². The Labute approximate surface area is 93.7 Å². The van der Waals surface area contributed by atoms with E-state index in [1.165, 1.54) is 0 Å². The Balaban J connectivity index is 1.96. The summed E-state index contributed by atoms with van der Waals surface area (Å²) in [7, 11) is 0. The van der Waals surface area contributed by atoms with Gasteiger partial charge in [0.05, 0.1) is 12.8 Å². The molecule has 0 aliphatic rings. The highest BCUT2D eigenvalue weighted by Crippen LogP contribution is 2.06. The first-order chi connectivity index (χ1) is 7.88. The number of furan rings is 1. The number of hydrogen-bond donors (Lipinski definition) is 2. The molecule has 0 fully saturated rings. The van der Waals surface area contributed by atoms with Gasteiger partial charge >= 0.3 is 0 Å². The van der Waals surface area contributed by atoms with Gasteiger partial charge in [0.2, 0.25) is 0 Å². The minimum Gasteiger partial charge on any atom is -0.467 e. The Morgan fingerprint density at radius 1 is 1.38 bits per heavy atom. The summed E-state index contributed by atoms with van der Waals surface area (Å²) >= 11 is 0. The van der Waals surface area contributed by atoms with Gasteiger partial charge in [0.1, 0.15) is 17.4 Å².